The van der Waals surface area contributed by atoms with E-state index in [4.69, 9.17) is 0 Å². The molecule has 28 heavy (non-hydrogen) atoms. The third-order valence-corrected chi connectivity index (χ3v) is 5.23. The van der Waals surface area contributed by atoms with Gasteiger partial charge in [0.05, 0.1) is 5.69 Å². The fraction of sp³-hybridized carbons (Fsp3) is 0.304. The fourth-order valence-electron chi connectivity index (χ4n) is 3.69. The lowest BCUT2D eigenvalue weighted by Gasteiger charge is -2.21. The van der Waals surface area contributed by atoms with Crippen LogP contribution >= 0.6 is 0 Å². The summed E-state index contributed by atoms with van der Waals surface area (Å²) in [6.45, 7) is 2.61. The number of nitrogens with one attached hydrogen (secondary N) is 2. The van der Waals surface area contributed by atoms with Crippen molar-refractivity contribution in [2.75, 3.05) is 23.3 Å². The molecule has 0 aliphatic carbocycles. The Morgan fingerprint density at radius 2 is 1.71 bits per heavy atom. The zero-order valence-corrected chi connectivity index (χ0v) is 16.0. The second kappa shape index (κ2) is 8.74. The van der Waals surface area contributed by atoms with Crippen LogP contribution in [0.2, 0.25) is 0 Å². The predicted octanol–water partition coefficient (Wildman–Crippen LogP) is 4.94. The summed E-state index contributed by atoms with van der Waals surface area (Å²) in [4.78, 5) is 19.3. The molecule has 1 aliphatic rings. The van der Waals surface area contributed by atoms with Crippen LogP contribution < -0.4 is 15.5 Å². The van der Waals surface area contributed by atoms with Gasteiger partial charge in [-0.3, -0.25) is 0 Å². The Morgan fingerprint density at radius 3 is 2.50 bits per heavy atom. The zero-order valence-electron chi connectivity index (χ0n) is 16.0. The van der Waals surface area contributed by atoms with Crippen LogP contribution in [0.5, 0.6) is 0 Å². The molecule has 1 fully saturated rings. The van der Waals surface area contributed by atoms with Gasteiger partial charge in [0, 0.05) is 31.2 Å². The molecule has 0 radical (unpaired) electrons. The topological polar surface area (TPSA) is 57.3 Å². The van der Waals surface area contributed by atoms with Crippen LogP contribution in [0.1, 0.15) is 31.2 Å². The van der Waals surface area contributed by atoms with E-state index in [1.807, 2.05) is 54.7 Å². The Bertz CT molecular complexity index is 925. The van der Waals surface area contributed by atoms with Crippen molar-refractivity contribution in [3.8, 4) is 0 Å². The molecule has 0 bridgehead atoms. The Labute approximate surface area is 165 Å². The molecule has 0 spiro atoms. The van der Waals surface area contributed by atoms with Crippen LogP contribution in [0.25, 0.3) is 10.8 Å². The van der Waals surface area contributed by atoms with Gasteiger partial charge in [-0.15, -0.1) is 0 Å². The third kappa shape index (κ3) is 4.42. The number of nitrogens with zero attached hydrogens (tertiary/aromatic N) is 2. The van der Waals surface area contributed by atoms with Gasteiger partial charge in [0.15, 0.2) is 0 Å². The molecule has 5 heteroatoms. The number of amides is 2. The van der Waals surface area contributed by atoms with Gasteiger partial charge in [0.1, 0.15) is 5.82 Å². The van der Waals surface area contributed by atoms with Gasteiger partial charge in [0.25, 0.3) is 0 Å². The monoisotopic (exact) mass is 374 g/mol. The van der Waals surface area contributed by atoms with E-state index < -0.39 is 0 Å². The predicted molar refractivity (Wildman–Crippen MR) is 115 cm³/mol. The summed E-state index contributed by atoms with van der Waals surface area (Å²) in [7, 11) is 0. The number of benzene rings is 2. The molecule has 0 atom stereocenters. The van der Waals surface area contributed by atoms with E-state index in [2.05, 4.69) is 26.6 Å². The lowest BCUT2D eigenvalue weighted by molar-refractivity contribution is 0.252. The summed E-state index contributed by atoms with van der Waals surface area (Å²) in [6, 6.07) is 17.8. The molecule has 0 unspecified atom stereocenters. The van der Waals surface area contributed by atoms with Crippen molar-refractivity contribution >= 4 is 28.3 Å². The molecule has 2 amide bonds. The molecule has 5 nitrogen and oxygen atoms in total. The smallest absolute Gasteiger partial charge is 0.319 e. The number of carbonyl (C=O) groups is 1. The van der Waals surface area contributed by atoms with Crippen molar-refractivity contribution < 1.29 is 4.79 Å². The van der Waals surface area contributed by atoms with Crippen molar-refractivity contribution in [1.29, 1.82) is 0 Å². The Kier molecular flexibility index (Phi) is 5.71. The zero-order chi connectivity index (χ0) is 19.2. The van der Waals surface area contributed by atoms with Gasteiger partial charge in [0.2, 0.25) is 0 Å². The molecule has 144 valence electrons. The van der Waals surface area contributed by atoms with Gasteiger partial charge >= 0.3 is 6.03 Å². The average molecular weight is 374 g/mol. The van der Waals surface area contributed by atoms with Crippen LogP contribution in [-0.2, 0) is 6.54 Å². The van der Waals surface area contributed by atoms with Crippen molar-refractivity contribution in [2.45, 2.75) is 32.2 Å². The van der Waals surface area contributed by atoms with Crippen LogP contribution in [0.4, 0.5) is 16.3 Å². The number of anilines is 2. The molecule has 1 saturated heterocycles. The minimum absolute atomic E-state index is 0.215. The maximum atomic E-state index is 12.3. The van der Waals surface area contributed by atoms with E-state index >= 15 is 0 Å². The highest BCUT2D eigenvalue weighted by molar-refractivity contribution is 6.01. The van der Waals surface area contributed by atoms with Crippen molar-refractivity contribution in [2.24, 2.45) is 0 Å². The Hall–Kier alpha value is -3.08. The number of fused-ring (bicyclic) bond motifs is 1. The number of hydrogen-bond donors (Lipinski definition) is 2. The second-order valence-electron chi connectivity index (χ2n) is 7.26. The first kappa shape index (κ1) is 18.3. The summed E-state index contributed by atoms with van der Waals surface area (Å²) >= 11 is 0. The standard InChI is InChI=1S/C23H26N4O/c28-23(26-21-11-7-9-19-8-3-4-10-20(19)21)25-17-18-12-13-22(24-16-18)27-14-5-1-2-6-15-27/h3-4,7-13,16H,1-2,5-6,14-15,17H2,(H2,25,26,28). The number of pyridine rings is 1. The highest BCUT2D eigenvalue weighted by Gasteiger charge is 2.11. The first-order chi connectivity index (χ1) is 13.8. The number of carbonyl (C=O) groups excluding carboxylic acids is 1. The van der Waals surface area contributed by atoms with E-state index in [1.54, 1.807) is 0 Å². The minimum Gasteiger partial charge on any atom is -0.357 e. The van der Waals surface area contributed by atoms with Gasteiger partial charge < -0.3 is 15.5 Å². The summed E-state index contributed by atoms with van der Waals surface area (Å²) in [5, 5.41) is 8.00. The SMILES string of the molecule is O=C(NCc1ccc(N2CCCCCC2)nc1)Nc1cccc2ccccc12. The minimum atomic E-state index is -0.215. The molecular formula is C23H26N4O. The highest BCUT2D eigenvalue weighted by Crippen LogP contribution is 2.23. The Morgan fingerprint density at radius 1 is 0.929 bits per heavy atom. The van der Waals surface area contributed by atoms with Crippen LogP contribution in [0.15, 0.2) is 60.8 Å². The molecule has 4 rings (SSSR count). The van der Waals surface area contributed by atoms with Gasteiger partial charge in [-0.2, -0.15) is 0 Å². The summed E-state index contributed by atoms with van der Waals surface area (Å²) in [5.41, 5.74) is 1.80. The number of aromatic nitrogens is 1. The van der Waals surface area contributed by atoms with Gasteiger partial charge in [-0.1, -0.05) is 55.3 Å². The third-order valence-electron chi connectivity index (χ3n) is 5.23. The van der Waals surface area contributed by atoms with E-state index in [1.165, 1.54) is 25.7 Å². The average Bonchev–Trinajstić information content (AvgIpc) is 3.03. The number of urea groups is 1. The maximum absolute atomic E-state index is 12.3. The number of rotatable bonds is 4. The number of hydrogen-bond acceptors (Lipinski definition) is 3. The lowest BCUT2D eigenvalue weighted by Crippen LogP contribution is -2.28. The van der Waals surface area contributed by atoms with Crippen molar-refractivity contribution in [3.63, 3.8) is 0 Å². The van der Waals surface area contributed by atoms with E-state index in [-0.39, 0.29) is 6.03 Å². The second-order valence-corrected chi connectivity index (χ2v) is 7.26. The van der Waals surface area contributed by atoms with Gasteiger partial charge in [-0.05, 0) is 35.9 Å². The molecular weight excluding hydrogens is 348 g/mol. The molecule has 1 aliphatic heterocycles. The summed E-state index contributed by atoms with van der Waals surface area (Å²) < 4.78 is 0. The quantitative estimate of drug-likeness (QED) is 0.680. The normalized spacial score (nSPS) is 14.5. The fourth-order valence-corrected chi connectivity index (χ4v) is 3.69. The first-order valence-electron chi connectivity index (χ1n) is 10.0. The summed E-state index contributed by atoms with van der Waals surface area (Å²) in [6.07, 6.45) is 6.95. The largest absolute Gasteiger partial charge is 0.357 e. The maximum Gasteiger partial charge on any atom is 0.319 e. The summed E-state index contributed by atoms with van der Waals surface area (Å²) in [5.74, 6) is 1.03. The van der Waals surface area contributed by atoms with E-state index in [9.17, 15) is 4.79 Å². The molecule has 2 heterocycles. The van der Waals surface area contributed by atoms with Crippen LogP contribution in [0, 0.1) is 0 Å². The molecule has 1 aromatic heterocycles. The van der Waals surface area contributed by atoms with Crippen LogP contribution in [-0.4, -0.2) is 24.1 Å². The van der Waals surface area contributed by atoms with Crippen molar-refractivity contribution in [1.82, 2.24) is 10.3 Å². The van der Waals surface area contributed by atoms with E-state index in [0.29, 0.717) is 6.54 Å². The Balaban J connectivity index is 1.34. The molecule has 2 aromatic carbocycles. The van der Waals surface area contributed by atoms with Crippen LogP contribution in [0.3, 0.4) is 0 Å². The highest BCUT2D eigenvalue weighted by atomic mass is 16.2. The molecule has 0 saturated carbocycles. The molecule has 3 aromatic rings. The molecule has 2 N–H and O–H groups in total. The van der Waals surface area contributed by atoms with Gasteiger partial charge in [-0.25, -0.2) is 9.78 Å². The first-order valence-corrected chi connectivity index (χ1v) is 10.0. The van der Waals surface area contributed by atoms with E-state index in [0.717, 1.165) is 40.9 Å². The van der Waals surface area contributed by atoms with Crippen molar-refractivity contribution in [3.05, 3.63) is 66.4 Å². The lowest BCUT2D eigenvalue weighted by atomic mass is 10.1.